The van der Waals surface area contributed by atoms with Gasteiger partial charge in [0.15, 0.2) is 0 Å². The SMILES string of the molecule is CCC(=O)OCCCc1ccc(N(c2ccc(CCCOC(=O)CC)cc2)c2ccc(C)c(C)c2)cc1. The van der Waals surface area contributed by atoms with E-state index in [4.69, 9.17) is 9.47 Å². The molecule has 5 nitrogen and oxygen atoms in total. The molecule has 3 aromatic carbocycles. The Morgan fingerprint density at radius 3 is 1.46 bits per heavy atom. The summed E-state index contributed by atoms with van der Waals surface area (Å²) < 4.78 is 10.4. The van der Waals surface area contributed by atoms with Crippen LogP contribution in [0.25, 0.3) is 0 Å². The van der Waals surface area contributed by atoms with Crippen molar-refractivity contribution >= 4 is 29.0 Å². The number of rotatable bonds is 13. The molecule has 0 aliphatic heterocycles. The van der Waals surface area contributed by atoms with Gasteiger partial charge in [-0.1, -0.05) is 44.2 Å². The molecule has 0 aliphatic carbocycles. The van der Waals surface area contributed by atoms with E-state index in [1.165, 1.54) is 22.3 Å². The van der Waals surface area contributed by atoms with Crippen molar-refractivity contribution in [1.29, 1.82) is 0 Å². The van der Waals surface area contributed by atoms with Gasteiger partial charge in [0.25, 0.3) is 0 Å². The molecule has 0 fully saturated rings. The van der Waals surface area contributed by atoms with Crippen LogP contribution in [0.15, 0.2) is 66.7 Å². The Morgan fingerprint density at radius 1 is 0.622 bits per heavy atom. The molecule has 5 heteroatoms. The average Bonchev–Trinajstić information content (AvgIpc) is 2.92. The van der Waals surface area contributed by atoms with Crippen molar-refractivity contribution in [2.24, 2.45) is 0 Å². The van der Waals surface area contributed by atoms with Gasteiger partial charge in [0.1, 0.15) is 0 Å². The van der Waals surface area contributed by atoms with Crippen molar-refractivity contribution in [1.82, 2.24) is 0 Å². The Morgan fingerprint density at radius 2 is 1.05 bits per heavy atom. The molecule has 0 atom stereocenters. The van der Waals surface area contributed by atoms with Crippen molar-refractivity contribution in [3.8, 4) is 0 Å². The third-order valence-corrected chi connectivity index (χ3v) is 6.46. The normalized spacial score (nSPS) is 10.7. The highest BCUT2D eigenvalue weighted by molar-refractivity contribution is 5.77. The standard InChI is InChI=1S/C32H39NO4/c1-5-31(34)36-21-7-9-26-12-17-28(18-13-26)33(30-16-11-24(3)25(4)23-30)29-19-14-27(15-20-29)10-8-22-37-32(35)6-2/h11-20,23H,5-10,21-22H2,1-4H3. The van der Waals surface area contributed by atoms with Crippen LogP contribution in [0.4, 0.5) is 17.1 Å². The lowest BCUT2D eigenvalue weighted by molar-refractivity contribution is -0.144. The van der Waals surface area contributed by atoms with Gasteiger partial charge in [0.2, 0.25) is 0 Å². The molecule has 0 aliphatic rings. The van der Waals surface area contributed by atoms with Gasteiger partial charge in [-0.25, -0.2) is 0 Å². The van der Waals surface area contributed by atoms with Gasteiger partial charge in [-0.3, -0.25) is 9.59 Å². The summed E-state index contributed by atoms with van der Waals surface area (Å²) in [5.74, 6) is -0.296. The molecular weight excluding hydrogens is 462 g/mol. The maximum atomic E-state index is 11.3. The first-order valence-corrected chi connectivity index (χ1v) is 13.3. The van der Waals surface area contributed by atoms with E-state index >= 15 is 0 Å². The van der Waals surface area contributed by atoms with Gasteiger partial charge in [0, 0.05) is 29.9 Å². The fourth-order valence-electron chi connectivity index (χ4n) is 4.06. The number of carbonyl (C=O) groups is 2. The molecule has 0 unspecified atom stereocenters. The second-order valence-corrected chi connectivity index (χ2v) is 9.29. The second-order valence-electron chi connectivity index (χ2n) is 9.29. The number of esters is 2. The van der Waals surface area contributed by atoms with Gasteiger partial charge in [-0.05, 0) is 98.2 Å². The molecule has 3 aromatic rings. The summed E-state index contributed by atoms with van der Waals surface area (Å²) in [6.07, 6.45) is 4.18. The predicted octanol–water partition coefficient (Wildman–Crippen LogP) is 7.54. The highest BCUT2D eigenvalue weighted by Gasteiger charge is 2.13. The van der Waals surface area contributed by atoms with Gasteiger partial charge in [-0.15, -0.1) is 0 Å². The summed E-state index contributed by atoms with van der Waals surface area (Å²) in [4.78, 5) is 24.9. The molecule has 0 saturated carbocycles. The first-order valence-electron chi connectivity index (χ1n) is 13.3. The third kappa shape index (κ3) is 8.49. The van der Waals surface area contributed by atoms with E-state index in [1.807, 2.05) is 13.8 Å². The average molecular weight is 502 g/mol. The van der Waals surface area contributed by atoms with Crippen molar-refractivity contribution in [2.75, 3.05) is 18.1 Å². The van der Waals surface area contributed by atoms with Crippen molar-refractivity contribution in [3.05, 3.63) is 89.0 Å². The fraction of sp³-hybridized carbons (Fsp3) is 0.375. The van der Waals surface area contributed by atoms with Crippen LogP contribution in [0.2, 0.25) is 0 Å². The van der Waals surface area contributed by atoms with Crippen LogP contribution in [0.1, 0.15) is 61.8 Å². The Bertz CT molecular complexity index is 1080. The Hall–Kier alpha value is -3.60. The molecule has 0 radical (unpaired) electrons. The van der Waals surface area contributed by atoms with Crippen LogP contribution >= 0.6 is 0 Å². The van der Waals surface area contributed by atoms with Crippen LogP contribution in [0, 0.1) is 13.8 Å². The van der Waals surface area contributed by atoms with E-state index in [0.29, 0.717) is 26.1 Å². The number of hydrogen-bond acceptors (Lipinski definition) is 5. The van der Waals surface area contributed by atoms with Crippen LogP contribution in [0.5, 0.6) is 0 Å². The number of aryl methyl sites for hydroxylation is 4. The smallest absolute Gasteiger partial charge is 0.305 e. The van der Waals surface area contributed by atoms with Crippen LogP contribution in [-0.4, -0.2) is 25.2 Å². The first-order chi connectivity index (χ1) is 17.9. The number of carbonyl (C=O) groups excluding carboxylic acids is 2. The van der Waals surface area contributed by atoms with Gasteiger partial charge >= 0.3 is 11.9 Å². The zero-order chi connectivity index (χ0) is 26.6. The zero-order valence-corrected chi connectivity index (χ0v) is 22.6. The van der Waals surface area contributed by atoms with E-state index < -0.39 is 0 Å². The maximum absolute atomic E-state index is 11.3. The number of hydrogen-bond donors (Lipinski definition) is 0. The minimum absolute atomic E-state index is 0.148. The predicted molar refractivity (Wildman–Crippen MR) is 150 cm³/mol. The minimum Gasteiger partial charge on any atom is -0.466 e. The summed E-state index contributed by atoms with van der Waals surface area (Å²) in [6.45, 7) is 8.79. The van der Waals surface area contributed by atoms with Gasteiger partial charge < -0.3 is 14.4 Å². The monoisotopic (exact) mass is 501 g/mol. The molecule has 0 bridgehead atoms. The molecule has 196 valence electrons. The largest absolute Gasteiger partial charge is 0.466 e. The molecule has 0 aromatic heterocycles. The molecular formula is C32H39NO4. The second kappa shape index (κ2) is 14.2. The maximum Gasteiger partial charge on any atom is 0.305 e. The van der Waals surface area contributed by atoms with Gasteiger partial charge in [0.05, 0.1) is 13.2 Å². The number of anilines is 3. The molecule has 37 heavy (non-hydrogen) atoms. The molecule has 0 N–H and O–H groups in total. The third-order valence-electron chi connectivity index (χ3n) is 6.46. The van der Waals surface area contributed by atoms with Crippen LogP contribution in [-0.2, 0) is 31.9 Å². The fourth-order valence-corrected chi connectivity index (χ4v) is 4.06. The highest BCUT2D eigenvalue weighted by Crippen LogP contribution is 2.35. The molecule has 0 spiro atoms. The topological polar surface area (TPSA) is 55.8 Å². The van der Waals surface area contributed by atoms with E-state index in [-0.39, 0.29) is 11.9 Å². The number of ether oxygens (including phenoxy) is 2. The summed E-state index contributed by atoms with van der Waals surface area (Å²) in [7, 11) is 0. The quantitative estimate of drug-likeness (QED) is 0.179. The lowest BCUT2D eigenvalue weighted by atomic mass is 10.1. The lowest BCUT2D eigenvalue weighted by Crippen LogP contribution is -2.10. The lowest BCUT2D eigenvalue weighted by Gasteiger charge is -2.26. The number of nitrogens with zero attached hydrogens (tertiary/aromatic N) is 1. The van der Waals surface area contributed by atoms with E-state index in [0.717, 1.165) is 42.7 Å². The Balaban J connectivity index is 1.74. The van der Waals surface area contributed by atoms with E-state index in [1.54, 1.807) is 0 Å². The first kappa shape index (κ1) is 28.0. The number of benzene rings is 3. The summed E-state index contributed by atoms with van der Waals surface area (Å²) >= 11 is 0. The molecule has 3 rings (SSSR count). The molecule has 0 heterocycles. The summed E-state index contributed by atoms with van der Waals surface area (Å²) in [6, 6.07) is 23.8. The van der Waals surface area contributed by atoms with Crippen molar-refractivity contribution in [3.63, 3.8) is 0 Å². The summed E-state index contributed by atoms with van der Waals surface area (Å²) in [5.41, 5.74) is 8.24. The van der Waals surface area contributed by atoms with Crippen molar-refractivity contribution in [2.45, 2.75) is 66.2 Å². The van der Waals surface area contributed by atoms with E-state index in [2.05, 4.69) is 85.5 Å². The van der Waals surface area contributed by atoms with Crippen LogP contribution in [0.3, 0.4) is 0 Å². The molecule has 0 amide bonds. The summed E-state index contributed by atoms with van der Waals surface area (Å²) in [5, 5.41) is 0. The van der Waals surface area contributed by atoms with Gasteiger partial charge in [-0.2, -0.15) is 0 Å². The van der Waals surface area contributed by atoms with Crippen LogP contribution < -0.4 is 4.90 Å². The molecule has 0 saturated heterocycles. The Labute approximate surface area is 221 Å². The zero-order valence-electron chi connectivity index (χ0n) is 22.6. The minimum atomic E-state index is -0.148. The highest BCUT2D eigenvalue weighted by atomic mass is 16.5. The van der Waals surface area contributed by atoms with E-state index in [9.17, 15) is 9.59 Å². The van der Waals surface area contributed by atoms with Crippen molar-refractivity contribution < 1.29 is 19.1 Å². The Kier molecular flexibility index (Phi) is 10.8.